The van der Waals surface area contributed by atoms with Gasteiger partial charge in [-0.3, -0.25) is 14.7 Å². The molecule has 0 fully saturated rings. The fourth-order valence-corrected chi connectivity index (χ4v) is 4.30. The maximum absolute atomic E-state index is 13.3. The number of carbonyl (C=O) groups excluding carboxylic acids is 1. The van der Waals surface area contributed by atoms with Crippen LogP contribution in [0.25, 0.3) is 0 Å². The number of benzene rings is 2. The second-order valence-electron chi connectivity index (χ2n) is 7.95. The summed E-state index contributed by atoms with van der Waals surface area (Å²) in [6, 6.07) is 12.2. The van der Waals surface area contributed by atoms with Crippen LogP contribution in [0.15, 0.2) is 71.9 Å². The van der Waals surface area contributed by atoms with E-state index in [1.165, 1.54) is 4.68 Å². The van der Waals surface area contributed by atoms with E-state index < -0.39 is 0 Å². The highest BCUT2D eigenvalue weighted by molar-refractivity contribution is 6.30. The van der Waals surface area contributed by atoms with E-state index in [4.69, 9.17) is 30.8 Å². The van der Waals surface area contributed by atoms with E-state index in [9.17, 15) is 4.79 Å². The number of fused-ring (bicyclic) bond motifs is 3. The molecule has 0 bridgehead atoms. The number of hydrogen-bond acceptors (Lipinski definition) is 7. The summed E-state index contributed by atoms with van der Waals surface area (Å²) in [7, 11) is 3.19. The third kappa shape index (κ3) is 4.17. The highest BCUT2D eigenvalue weighted by Crippen LogP contribution is 2.43. The zero-order chi connectivity index (χ0) is 24.5. The predicted molar refractivity (Wildman–Crippen MR) is 134 cm³/mol. The molecule has 35 heavy (non-hydrogen) atoms. The van der Waals surface area contributed by atoms with Crippen molar-refractivity contribution >= 4 is 29.2 Å². The fourth-order valence-electron chi connectivity index (χ4n) is 4.17. The molecule has 0 aliphatic carbocycles. The maximum atomic E-state index is 13.3. The van der Waals surface area contributed by atoms with Crippen LogP contribution in [0.4, 0.5) is 5.82 Å². The lowest BCUT2D eigenvalue weighted by Gasteiger charge is -2.31. The van der Waals surface area contributed by atoms with Crippen molar-refractivity contribution in [3.63, 3.8) is 0 Å². The molecule has 3 heterocycles. The van der Waals surface area contributed by atoms with Crippen LogP contribution >= 0.6 is 11.6 Å². The smallest absolute Gasteiger partial charge is 0.286 e. The first-order valence-electron chi connectivity index (χ1n) is 10.9. The van der Waals surface area contributed by atoms with Gasteiger partial charge in [-0.05, 0) is 61.0 Å². The number of halogens is 1. The van der Waals surface area contributed by atoms with Crippen molar-refractivity contribution in [1.82, 2.24) is 9.78 Å². The molecule has 0 saturated carbocycles. The molecule has 1 atom stereocenters. The van der Waals surface area contributed by atoms with Crippen LogP contribution < -0.4 is 19.1 Å². The van der Waals surface area contributed by atoms with E-state index in [1.807, 2.05) is 54.5 Å². The minimum atomic E-state index is -0.383. The van der Waals surface area contributed by atoms with Crippen molar-refractivity contribution in [3.8, 4) is 17.2 Å². The second kappa shape index (κ2) is 9.31. The monoisotopic (exact) mass is 490 g/mol. The SMILES string of the molecule is COc1ccc(C2N=C3C=CC=CN3c3c2c(C)nn3C(=O)COc2ccc(Cl)cc2)cc1OC. The third-order valence-electron chi connectivity index (χ3n) is 5.82. The number of amidine groups is 1. The zero-order valence-corrected chi connectivity index (χ0v) is 20.2. The molecule has 9 heteroatoms. The van der Waals surface area contributed by atoms with Crippen LogP contribution in [0.5, 0.6) is 17.2 Å². The number of carbonyl (C=O) groups is 1. The van der Waals surface area contributed by atoms with Gasteiger partial charge in [-0.2, -0.15) is 9.78 Å². The summed E-state index contributed by atoms with van der Waals surface area (Å²) in [5.74, 6) is 2.81. The molecule has 0 saturated heterocycles. The Balaban J connectivity index is 1.55. The standard InChI is InChI=1S/C26H23ClN4O4/c1-16-24-25(17-7-12-20(33-2)21(14-17)34-3)28-22-6-4-5-13-30(22)26(24)31(29-16)23(32)15-35-19-10-8-18(27)9-11-19/h4-14,25H,15H2,1-3H3. The summed E-state index contributed by atoms with van der Waals surface area (Å²) >= 11 is 5.94. The van der Waals surface area contributed by atoms with E-state index in [-0.39, 0.29) is 18.6 Å². The van der Waals surface area contributed by atoms with Gasteiger partial charge in [-0.25, -0.2) is 0 Å². The maximum Gasteiger partial charge on any atom is 0.286 e. The van der Waals surface area contributed by atoms with Gasteiger partial charge in [0.1, 0.15) is 17.6 Å². The van der Waals surface area contributed by atoms with Gasteiger partial charge in [0, 0.05) is 16.8 Å². The molecule has 5 rings (SSSR count). The summed E-state index contributed by atoms with van der Waals surface area (Å²) in [5, 5.41) is 5.19. The Morgan fingerprint density at radius 1 is 1.06 bits per heavy atom. The fraction of sp³-hybridized carbons (Fsp3) is 0.192. The Morgan fingerprint density at radius 3 is 2.57 bits per heavy atom. The number of aliphatic imine (C=N–C) groups is 1. The Hall–Kier alpha value is -4.04. The van der Waals surface area contributed by atoms with Crippen LogP contribution in [0.1, 0.15) is 27.7 Å². The quantitative estimate of drug-likeness (QED) is 0.485. The molecule has 178 valence electrons. The van der Waals surface area contributed by atoms with E-state index in [0.717, 1.165) is 11.1 Å². The first-order chi connectivity index (χ1) is 17.0. The van der Waals surface area contributed by atoms with Crippen molar-refractivity contribution < 1.29 is 19.0 Å². The highest BCUT2D eigenvalue weighted by Gasteiger charge is 2.35. The molecule has 1 aromatic heterocycles. The second-order valence-corrected chi connectivity index (χ2v) is 8.38. The molecule has 2 aromatic carbocycles. The molecule has 2 aliphatic heterocycles. The number of aromatic nitrogens is 2. The van der Waals surface area contributed by atoms with E-state index in [2.05, 4.69) is 5.10 Å². The van der Waals surface area contributed by atoms with Crippen molar-refractivity contribution in [2.75, 3.05) is 25.7 Å². The molecule has 1 unspecified atom stereocenters. The van der Waals surface area contributed by atoms with Gasteiger partial charge in [-0.1, -0.05) is 23.7 Å². The third-order valence-corrected chi connectivity index (χ3v) is 6.07. The minimum absolute atomic E-state index is 0.184. The van der Waals surface area contributed by atoms with E-state index >= 15 is 0 Å². The summed E-state index contributed by atoms with van der Waals surface area (Å²) in [6.45, 7) is 1.69. The molecular weight excluding hydrogens is 468 g/mol. The van der Waals surface area contributed by atoms with Crippen LogP contribution in [-0.4, -0.2) is 42.3 Å². The predicted octanol–water partition coefficient (Wildman–Crippen LogP) is 4.97. The van der Waals surface area contributed by atoms with Crippen LogP contribution in [0.2, 0.25) is 5.02 Å². The minimum Gasteiger partial charge on any atom is -0.493 e. The number of ether oxygens (including phenoxy) is 3. The molecule has 0 radical (unpaired) electrons. The number of allylic oxidation sites excluding steroid dienone is 2. The summed E-state index contributed by atoms with van der Waals surface area (Å²) < 4.78 is 18.0. The number of methoxy groups -OCH3 is 2. The van der Waals surface area contributed by atoms with Crippen molar-refractivity contribution in [2.24, 2.45) is 4.99 Å². The van der Waals surface area contributed by atoms with Gasteiger partial charge >= 0.3 is 0 Å². The number of nitrogens with zero attached hydrogens (tertiary/aromatic N) is 4. The zero-order valence-electron chi connectivity index (χ0n) is 19.4. The van der Waals surface area contributed by atoms with E-state index in [1.54, 1.807) is 38.5 Å². The average molecular weight is 491 g/mol. The normalized spacial score (nSPS) is 15.8. The molecule has 0 N–H and O–H groups in total. The Morgan fingerprint density at radius 2 is 1.83 bits per heavy atom. The number of hydrogen-bond donors (Lipinski definition) is 0. The number of rotatable bonds is 6. The van der Waals surface area contributed by atoms with Gasteiger partial charge in [-0.15, -0.1) is 0 Å². The van der Waals surface area contributed by atoms with Crippen LogP contribution in [0.3, 0.4) is 0 Å². The van der Waals surface area contributed by atoms with Gasteiger partial charge in [0.25, 0.3) is 5.91 Å². The Kier molecular flexibility index (Phi) is 6.05. The van der Waals surface area contributed by atoms with Gasteiger partial charge in [0.2, 0.25) is 0 Å². The summed E-state index contributed by atoms with van der Waals surface area (Å²) in [6.07, 6.45) is 7.57. The first kappa shape index (κ1) is 22.7. The molecule has 0 spiro atoms. The summed E-state index contributed by atoms with van der Waals surface area (Å²) in [4.78, 5) is 20.1. The average Bonchev–Trinajstić information content (AvgIpc) is 3.25. The Labute approximate surface area is 207 Å². The molecule has 0 amide bonds. The van der Waals surface area contributed by atoms with Crippen molar-refractivity contribution in [3.05, 3.63) is 88.7 Å². The van der Waals surface area contributed by atoms with Gasteiger partial charge in [0.15, 0.2) is 23.9 Å². The van der Waals surface area contributed by atoms with Crippen LogP contribution in [0, 0.1) is 6.92 Å². The van der Waals surface area contributed by atoms with Crippen molar-refractivity contribution in [2.45, 2.75) is 13.0 Å². The first-order valence-corrected chi connectivity index (χ1v) is 11.3. The van der Waals surface area contributed by atoms with Gasteiger partial charge in [0.05, 0.1) is 19.9 Å². The highest BCUT2D eigenvalue weighted by atomic mass is 35.5. The lowest BCUT2D eigenvalue weighted by Crippen LogP contribution is -2.34. The number of anilines is 1. The topological polar surface area (TPSA) is 78.2 Å². The lowest BCUT2D eigenvalue weighted by molar-refractivity contribution is 0.0823. The lowest BCUT2D eigenvalue weighted by atomic mass is 9.96. The summed E-state index contributed by atoms with van der Waals surface area (Å²) in [5.41, 5.74) is 2.43. The molecule has 8 nitrogen and oxygen atoms in total. The molecular formula is C26H23ClN4O4. The number of aryl methyl sites for hydroxylation is 1. The molecule has 2 aliphatic rings. The molecule has 3 aromatic rings. The van der Waals surface area contributed by atoms with Gasteiger partial charge < -0.3 is 14.2 Å². The van der Waals surface area contributed by atoms with Crippen molar-refractivity contribution in [1.29, 1.82) is 0 Å². The largest absolute Gasteiger partial charge is 0.493 e. The van der Waals surface area contributed by atoms with Crippen LogP contribution in [-0.2, 0) is 0 Å². The Bertz CT molecular complexity index is 1370. The van der Waals surface area contributed by atoms with E-state index in [0.29, 0.717) is 39.6 Å².